The Morgan fingerprint density at radius 3 is 2.57 bits per heavy atom. The Morgan fingerprint density at radius 1 is 1.24 bits per heavy atom. The van der Waals surface area contributed by atoms with E-state index in [-0.39, 0.29) is 17.3 Å². The zero-order chi connectivity index (χ0) is 15.6. The van der Waals surface area contributed by atoms with Gasteiger partial charge in [-0.3, -0.25) is 0 Å². The van der Waals surface area contributed by atoms with Crippen molar-refractivity contribution in [1.29, 1.82) is 0 Å². The molecule has 0 fully saturated rings. The zero-order valence-corrected chi connectivity index (χ0v) is 14.1. The fourth-order valence-corrected chi connectivity index (χ4v) is 3.12. The lowest BCUT2D eigenvalue weighted by Gasteiger charge is -2.11. The van der Waals surface area contributed by atoms with Gasteiger partial charge in [0, 0.05) is 10.7 Å². The molecule has 21 heavy (non-hydrogen) atoms. The summed E-state index contributed by atoms with van der Waals surface area (Å²) in [6, 6.07) is 8.66. The van der Waals surface area contributed by atoms with Gasteiger partial charge in [-0.15, -0.1) is 0 Å². The molecule has 0 amide bonds. The molecule has 2 rings (SSSR count). The molecule has 0 aliphatic rings. The van der Waals surface area contributed by atoms with E-state index in [0.29, 0.717) is 10.2 Å². The van der Waals surface area contributed by atoms with Gasteiger partial charge in [0.25, 0.3) is 9.05 Å². The van der Waals surface area contributed by atoms with E-state index < -0.39 is 9.05 Å². The van der Waals surface area contributed by atoms with E-state index in [1.807, 2.05) is 6.92 Å². The van der Waals surface area contributed by atoms with Crippen LogP contribution in [0.15, 0.2) is 45.8 Å². The number of ether oxygens (including phenoxy) is 1. The molecule has 0 radical (unpaired) electrons. The van der Waals surface area contributed by atoms with Crippen LogP contribution in [0, 0.1) is 12.7 Å². The highest BCUT2D eigenvalue weighted by molar-refractivity contribution is 9.10. The van der Waals surface area contributed by atoms with Crippen LogP contribution in [0.2, 0.25) is 0 Å². The van der Waals surface area contributed by atoms with Gasteiger partial charge in [0.15, 0.2) is 0 Å². The van der Waals surface area contributed by atoms with Crippen LogP contribution in [0.25, 0.3) is 0 Å². The summed E-state index contributed by atoms with van der Waals surface area (Å²) in [4.78, 5) is -0.0228. The maximum Gasteiger partial charge on any atom is 0.261 e. The smallest absolute Gasteiger partial charge is 0.261 e. The van der Waals surface area contributed by atoms with Crippen LogP contribution in [-0.4, -0.2) is 8.42 Å². The first-order valence-electron chi connectivity index (χ1n) is 5.89. The SMILES string of the molecule is Cc1ccc(F)cc1COc1ccc(S(=O)(=O)Cl)cc1Br. The van der Waals surface area contributed by atoms with Gasteiger partial charge in [-0.1, -0.05) is 6.07 Å². The Morgan fingerprint density at radius 2 is 1.95 bits per heavy atom. The van der Waals surface area contributed by atoms with Gasteiger partial charge in [0.2, 0.25) is 0 Å². The van der Waals surface area contributed by atoms with E-state index in [1.54, 1.807) is 6.07 Å². The monoisotopic (exact) mass is 392 g/mol. The lowest BCUT2D eigenvalue weighted by Crippen LogP contribution is -2.00. The van der Waals surface area contributed by atoms with Crippen molar-refractivity contribution in [3.8, 4) is 5.75 Å². The van der Waals surface area contributed by atoms with E-state index in [2.05, 4.69) is 15.9 Å². The number of halogens is 3. The van der Waals surface area contributed by atoms with Crippen molar-refractivity contribution in [1.82, 2.24) is 0 Å². The minimum Gasteiger partial charge on any atom is -0.488 e. The van der Waals surface area contributed by atoms with E-state index in [4.69, 9.17) is 15.4 Å². The molecule has 0 saturated heterocycles. The summed E-state index contributed by atoms with van der Waals surface area (Å²) in [7, 11) is 1.48. The molecular weight excluding hydrogens is 383 g/mol. The van der Waals surface area contributed by atoms with Crippen molar-refractivity contribution in [2.24, 2.45) is 0 Å². The van der Waals surface area contributed by atoms with Gasteiger partial charge in [-0.25, -0.2) is 12.8 Å². The van der Waals surface area contributed by atoms with Gasteiger partial charge in [-0.2, -0.15) is 0 Å². The molecule has 2 aromatic rings. The Bertz CT molecular complexity index is 778. The number of aryl methyl sites for hydroxylation is 1. The maximum atomic E-state index is 13.2. The number of hydrogen-bond donors (Lipinski definition) is 0. The molecule has 0 heterocycles. The highest BCUT2D eigenvalue weighted by Crippen LogP contribution is 2.30. The fourth-order valence-electron chi connectivity index (χ4n) is 1.70. The molecule has 0 bridgehead atoms. The third-order valence-corrected chi connectivity index (χ3v) is 4.85. The molecule has 0 saturated carbocycles. The summed E-state index contributed by atoms with van der Waals surface area (Å²) < 4.78 is 41.7. The lowest BCUT2D eigenvalue weighted by molar-refractivity contribution is 0.302. The van der Waals surface area contributed by atoms with Crippen LogP contribution < -0.4 is 4.74 Å². The third kappa shape index (κ3) is 4.18. The Hall–Kier alpha value is -1.11. The molecule has 7 heteroatoms. The molecule has 2 aromatic carbocycles. The number of benzene rings is 2. The van der Waals surface area contributed by atoms with Crippen LogP contribution >= 0.6 is 26.6 Å². The quantitative estimate of drug-likeness (QED) is 0.723. The van der Waals surface area contributed by atoms with Gasteiger partial charge in [0.05, 0.1) is 9.37 Å². The molecule has 112 valence electrons. The fraction of sp³-hybridized carbons (Fsp3) is 0.143. The highest BCUT2D eigenvalue weighted by Gasteiger charge is 2.13. The molecule has 0 unspecified atom stereocenters. The van der Waals surface area contributed by atoms with Gasteiger partial charge in [0.1, 0.15) is 18.2 Å². The summed E-state index contributed by atoms with van der Waals surface area (Å²) in [5.74, 6) is 0.115. The first-order valence-corrected chi connectivity index (χ1v) is 8.99. The van der Waals surface area contributed by atoms with E-state index >= 15 is 0 Å². The average molecular weight is 394 g/mol. The minimum absolute atomic E-state index is 0.0228. The predicted molar refractivity (Wildman–Crippen MR) is 82.6 cm³/mol. The van der Waals surface area contributed by atoms with Crippen LogP contribution in [-0.2, 0) is 15.7 Å². The molecule has 0 N–H and O–H groups in total. The van der Waals surface area contributed by atoms with Crippen molar-refractivity contribution >= 4 is 35.7 Å². The van der Waals surface area contributed by atoms with Crippen molar-refractivity contribution in [3.63, 3.8) is 0 Å². The third-order valence-electron chi connectivity index (χ3n) is 2.88. The summed E-state index contributed by atoms with van der Waals surface area (Å²) in [6.45, 7) is 2.03. The van der Waals surface area contributed by atoms with Gasteiger partial charge in [-0.05, 0) is 64.3 Å². The molecule has 0 aliphatic heterocycles. The molecule has 0 aromatic heterocycles. The second-order valence-electron chi connectivity index (χ2n) is 4.39. The average Bonchev–Trinajstić information content (AvgIpc) is 2.40. The van der Waals surface area contributed by atoms with Crippen molar-refractivity contribution in [2.75, 3.05) is 0 Å². The summed E-state index contributed by atoms with van der Waals surface area (Å²) >= 11 is 3.22. The highest BCUT2D eigenvalue weighted by atomic mass is 79.9. The predicted octanol–water partition coefficient (Wildman–Crippen LogP) is 4.40. The summed E-state index contributed by atoms with van der Waals surface area (Å²) in [6.07, 6.45) is 0. The number of rotatable bonds is 4. The van der Waals surface area contributed by atoms with Crippen LogP contribution in [0.4, 0.5) is 4.39 Å². The Balaban J connectivity index is 2.19. The normalized spacial score (nSPS) is 11.4. The van der Waals surface area contributed by atoms with E-state index in [9.17, 15) is 12.8 Å². The van der Waals surface area contributed by atoms with Crippen LogP contribution in [0.5, 0.6) is 5.75 Å². The molecule has 0 atom stereocenters. The summed E-state index contributed by atoms with van der Waals surface area (Å²) in [5.41, 5.74) is 1.63. The number of hydrogen-bond acceptors (Lipinski definition) is 3. The second-order valence-corrected chi connectivity index (χ2v) is 7.81. The van der Waals surface area contributed by atoms with Crippen LogP contribution in [0.3, 0.4) is 0 Å². The zero-order valence-electron chi connectivity index (χ0n) is 10.9. The molecule has 0 spiro atoms. The first-order chi connectivity index (χ1) is 9.77. The van der Waals surface area contributed by atoms with Crippen LogP contribution in [0.1, 0.15) is 11.1 Å². The topological polar surface area (TPSA) is 43.4 Å². The molecular formula is C14H11BrClFO3S. The molecule has 0 aliphatic carbocycles. The van der Waals surface area contributed by atoms with Gasteiger partial charge >= 0.3 is 0 Å². The van der Waals surface area contributed by atoms with E-state index in [0.717, 1.165) is 11.1 Å². The van der Waals surface area contributed by atoms with Crippen molar-refractivity contribution in [2.45, 2.75) is 18.4 Å². The Kier molecular flexibility index (Phi) is 4.91. The van der Waals surface area contributed by atoms with E-state index in [1.165, 1.54) is 30.3 Å². The standard InChI is InChI=1S/C14H11BrClFO3S/c1-9-2-3-11(17)6-10(9)8-20-14-5-4-12(7-13(14)15)21(16,18)19/h2-7H,8H2,1H3. The van der Waals surface area contributed by atoms with Crippen molar-refractivity contribution in [3.05, 3.63) is 57.8 Å². The lowest BCUT2D eigenvalue weighted by atomic mass is 10.1. The maximum absolute atomic E-state index is 13.2. The Labute approximate surface area is 135 Å². The first kappa shape index (κ1) is 16.3. The van der Waals surface area contributed by atoms with Crippen molar-refractivity contribution < 1.29 is 17.5 Å². The summed E-state index contributed by atoms with van der Waals surface area (Å²) in [5, 5.41) is 0. The minimum atomic E-state index is -3.78. The molecule has 3 nitrogen and oxygen atoms in total. The largest absolute Gasteiger partial charge is 0.488 e. The van der Waals surface area contributed by atoms with Gasteiger partial charge < -0.3 is 4.74 Å². The second kappa shape index (κ2) is 6.34.